The molecule has 6 nitrogen and oxygen atoms in total. The summed E-state index contributed by atoms with van der Waals surface area (Å²) in [6.07, 6.45) is 1.29. The molecule has 0 atom stereocenters. The van der Waals surface area contributed by atoms with Gasteiger partial charge in [-0.3, -0.25) is 4.79 Å². The first-order valence-electron chi connectivity index (χ1n) is 7.68. The highest BCUT2D eigenvalue weighted by atomic mass is 32.2. The van der Waals surface area contributed by atoms with E-state index in [1.165, 1.54) is 28.6 Å². The molecule has 0 fully saturated rings. The quantitative estimate of drug-likeness (QED) is 0.589. The molecule has 3 N–H and O–H groups in total. The van der Waals surface area contributed by atoms with Gasteiger partial charge >= 0.3 is 0 Å². The number of hydrogen-bond acceptors (Lipinski definition) is 5. The molecule has 8 heteroatoms. The van der Waals surface area contributed by atoms with Crippen LogP contribution in [0.25, 0.3) is 0 Å². The predicted octanol–water partition coefficient (Wildman–Crippen LogP) is 2.12. The van der Waals surface area contributed by atoms with E-state index in [1.54, 1.807) is 12.1 Å². The Kier molecular flexibility index (Phi) is 5.82. The summed E-state index contributed by atoms with van der Waals surface area (Å²) in [6.45, 7) is 5.97. The highest BCUT2D eigenvalue weighted by molar-refractivity contribution is 7.99. The van der Waals surface area contributed by atoms with E-state index in [0.29, 0.717) is 17.4 Å². The topological polar surface area (TPSA) is 85.8 Å². The van der Waals surface area contributed by atoms with E-state index < -0.39 is 0 Å². The summed E-state index contributed by atoms with van der Waals surface area (Å²) in [4.78, 5) is 12.0. The van der Waals surface area contributed by atoms with Crippen LogP contribution in [-0.4, -0.2) is 32.1 Å². The van der Waals surface area contributed by atoms with Crippen LogP contribution in [0.1, 0.15) is 38.6 Å². The van der Waals surface area contributed by atoms with Crippen molar-refractivity contribution in [2.24, 2.45) is 0 Å². The summed E-state index contributed by atoms with van der Waals surface area (Å²) in [7, 11) is 0. The number of rotatable bonds is 7. The number of hydrogen-bond donors (Lipinski definition) is 2. The van der Waals surface area contributed by atoms with Crippen LogP contribution in [0.3, 0.4) is 0 Å². The average Bonchev–Trinajstić information content (AvgIpc) is 2.88. The molecule has 0 saturated heterocycles. The van der Waals surface area contributed by atoms with Crippen molar-refractivity contribution in [1.82, 2.24) is 20.2 Å². The van der Waals surface area contributed by atoms with Crippen LogP contribution in [0, 0.1) is 5.82 Å². The Bertz CT molecular complexity index is 699. The van der Waals surface area contributed by atoms with Crippen molar-refractivity contribution in [3.63, 3.8) is 0 Å². The van der Waals surface area contributed by atoms with E-state index in [-0.39, 0.29) is 23.0 Å². The molecule has 0 aliphatic heterocycles. The maximum absolute atomic E-state index is 12.9. The fourth-order valence-electron chi connectivity index (χ4n) is 1.94. The van der Waals surface area contributed by atoms with Crippen LogP contribution >= 0.6 is 11.8 Å². The molecule has 0 bridgehead atoms. The molecule has 2 rings (SSSR count). The van der Waals surface area contributed by atoms with Crippen LogP contribution in [0.4, 0.5) is 4.39 Å². The largest absolute Gasteiger partial charge is 0.351 e. The van der Waals surface area contributed by atoms with Crippen molar-refractivity contribution in [2.75, 3.05) is 11.6 Å². The highest BCUT2D eigenvalue weighted by Gasteiger charge is 2.19. The average molecular weight is 351 g/mol. The third kappa shape index (κ3) is 4.95. The number of nitrogens with two attached hydrogens (primary N) is 1. The number of carbonyl (C=O) groups excluding carboxylic acids is 1. The first-order chi connectivity index (χ1) is 11.3. The number of aromatic nitrogens is 3. The molecule has 0 radical (unpaired) electrons. The molecular weight excluding hydrogens is 329 g/mol. The summed E-state index contributed by atoms with van der Waals surface area (Å²) in [5.41, 5.74) is 0.649. The van der Waals surface area contributed by atoms with Gasteiger partial charge in [0.2, 0.25) is 11.1 Å². The lowest BCUT2D eigenvalue weighted by molar-refractivity contribution is -0.120. The lowest BCUT2D eigenvalue weighted by Gasteiger charge is -2.24. The van der Waals surface area contributed by atoms with Gasteiger partial charge in [-0.15, -0.1) is 10.2 Å². The van der Waals surface area contributed by atoms with E-state index in [1.807, 2.05) is 20.8 Å². The second-order valence-electron chi connectivity index (χ2n) is 6.15. The number of amides is 1. The van der Waals surface area contributed by atoms with Crippen molar-refractivity contribution >= 4 is 17.7 Å². The number of carbonyl (C=O) groups is 1. The number of nitrogen functional groups attached to an aromatic ring is 1. The fourth-order valence-corrected chi connectivity index (χ4v) is 2.62. The molecule has 2 aromatic rings. The number of nitrogens with zero attached hydrogens (tertiary/aromatic N) is 3. The maximum Gasteiger partial charge on any atom is 0.230 e. The van der Waals surface area contributed by atoms with E-state index in [2.05, 4.69) is 15.5 Å². The van der Waals surface area contributed by atoms with Gasteiger partial charge < -0.3 is 11.2 Å². The van der Waals surface area contributed by atoms with Gasteiger partial charge in [0, 0.05) is 12.0 Å². The SMILES string of the molecule is CCC(C)(C)NC(=O)CSc1nnc(Cc2ccc(F)cc2)n1N. The van der Waals surface area contributed by atoms with E-state index >= 15 is 0 Å². The smallest absolute Gasteiger partial charge is 0.230 e. The van der Waals surface area contributed by atoms with Crippen LogP contribution in [0.2, 0.25) is 0 Å². The molecule has 0 spiro atoms. The summed E-state index contributed by atoms with van der Waals surface area (Å²) < 4.78 is 14.3. The molecule has 0 aliphatic rings. The number of nitrogens with one attached hydrogen (secondary N) is 1. The second kappa shape index (κ2) is 7.65. The van der Waals surface area contributed by atoms with Crippen molar-refractivity contribution < 1.29 is 9.18 Å². The van der Waals surface area contributed by atoms with Gasteiger partial charge in [0.05, 0.1) is 5.75 Å². The first kappa shape index (κ1) is 18.3. The van der Waals surface area contributed by atoms with Crippen molar-refractivity contribution in [1.29, 1.82) is 0 Å². The summed E-state index contributed by atoms with van der Waals surface area (Å²) in [5.74, 6) is 6.40. The zero-order chi connectivity index (χ0) is 17.7. The molecule has 24 heavy (non-hydrogen) atoms. The fraction of sp³-hybridized carbons (Fsp3) is 0.438. The van der Waals surface area contributed by atoms with E-state index in [4.69, 9.17) is 5.84 Å². The normalized spacial score (nSPS) is 11.5. The standard InChI is InChI=1S/C16H22FN5OS/c1-4-16(2,3)19-14(23)10-24-15-21-20-13(22(15)18)9-11-5-7-12(17)8-6-11/h5-8H,4,9-10,18H2,1-3H3,(H,19,23). The van der Waals surface area contributed by atoms with Crippen LogP contribution in [0.5, 0.6) is 0 Å². The predicted molar refractivity (Wildman–Crippen MR) is 92.6 cm³/mol. The van der Waals surface area contributed by atoms with Crippen molar-refractivity contribution in [2.45, 2.75) is 44.3 Å². The molecule has 0 aliphatic carbocycles. The minimum Gasteiger partial charge on any atom is -0.351 e. The molecule has 1 aromatic heterocycles. The van der Waals surface area contributed by atoms with Gasteiger partial charge in [0.15, 0.2) is 5.82 Å². The third-order valence-corrected chi connectivity index (χ3v) is 4.65. The molecule has 0 saturated carbocycles. The summed E-state index contributed by atoms with van der Waals surface area (Å²) in [6, 6.07) is 6.14. The van der Waals surface area contributed by atoms with Gasteiger partial charge in [-0.1, -0.05) is 30.8 Å². The van der Waals surface area contributed by atoms with Gasteiger partial charge in [0.25, 0.3) is 0 Å². The molecular formula is C16H22FN5OS. The monoisotopic (exact) mass is 351 g/mol. The zero-order valence-corrected chi connectivity index (χ0v) is 14.9. The molecule has 0 unspecified atom stereocenters. The lowest BCUT2D eigenvalue weighted by Crippen LogP contribution is -2.43. The van der Waals surface area contributed by atoms with E-state index in [9.17, 15) is 9.18 Å². The van der Waals surface area contributed by atoms with Gasteiger partial charge in [-0.25, -0.2) is 9.07 Å². The highest BCUT2D eigenvalue weighted by Crippen LogP contribution is 2.17. The van der Waals surface area contributed by atoms with E-state index in [0.717, 1.165) is 12.0 Å². The lowest BCUT2D eigenvalue weighted by atomic mass is 10.0. The van der Waals surface area contributed by atoms with Crippen LogP contribution in [-0.2, 0) is 11.2 Å². The Morgan fingerprint density at radius 1 is 1.33 bits per heavy atom. The minimum atomic E-state index is -0.287. The number of halogens is 1. The Balaban J connectivity index is 1.95. The Hall–Kier alpha value is -2.09. The zero-order valence-electron chi connectivity index (χ0n) is 14.0. The third-order valence-electron chi connectivity index (χ3n) is 3.70. The minimum absolute atomic E-state index is 0.0741. The van der Waals surface area contributed by atoms with Gasteiger partial charge in [-0.2, -0.15) is 0 Å². The number of benzene rings is 1. The van der Waals surface area contributed by atoms with Crippen molar-refractivity contribution in [3.05, 3.63) is 41.5 Å². The van der Waals surface area contributed by atoms with Gasteiger partial charge in [-0.05, 0) is 38.0 Å². The Morgan fingerprint density at radius 2 is 2.00 bits per heavy atom. The maximum atomic E-state index is 12.9. The number of thioether (sulfide) groups is 1. The summed E-state index contributed by atoms with van der Waals surface area (Å²) in [5, 5.41) is 11.5. The molecule has 1 heterocycles. The van der Waals surface area contributed by atoms with Gasteiger partial charge in [0.1, 0.15) is 5.82 Å². The Morgan fingerprint density at radius 3 is 2.62 bits per heavy atom. The Labute approximate surface area is 145 Å². The summed E-state index contributed by atoms with van der Waals surface area (Å²) >= 11 is 1.23. The molecule has 1 amide bonds. The molecule has 1 aromatic carbocycles. The van der Waals surface area contributed by atoms with Crippen LogP contribution in [0.15, 0.2) is 29.4 Å². The molecule has 130 valence electrons. The van der Waals surface area contributed by atoms with Crippen LogP contribution < -0.4 is 11.2 Å². The van der Waals surface area contributed by atoms with Crippen molar-refractivity contribution in [3.8, 4) is 0 Å². The first-order valence-corrected chi connectivity index (χ1v) is 8.67. The second-order valence-corrected chi connectivity index (χ2v) is 7.09.